The average Bonchev–Trinajstić information content (AvgIpc) is 3.23. The maximum atomic E-state index is 12.8. The van der Waals surface area contributed by atoms with Crippen LogP contribution in [0.25, 0.3) is 5.82 Å². The Labute approximate surface area is 165 Å². The van der Waals surface area contributed by atoms with Crippen molar-refractivity contribution >= 4 is 31.8 Å². The minimum Gasteiger partial charge on any atom is -0.354 e. The molecule has 1 aliphatic heterocycles. The van der Waals surface area contributed by atoms with E-state index in [0.717, 1.165) is 10.3 Å². The van der Waals surface area contributed by atoms with Crippen LogP contribution in [-0.4, -0.2) is 58.7 Å². The number of sulfonamides is 1. The molecule has 1 saturated heterocycles. The molecule has 0 unspecified atom stereocenters. The molecule has 0 aliphatic carbocycles. The molecule has 3 heterocycles. The van der Waals surface area contributed by atoms with Gasteiger partial charge in [-0.1, -0.05) is 15.9 Å². The van der Waals surface area contributed by atoms with Gasteiger partial charge in [0.2, 0.25) is 10.0 Å². The van der Waals surface area contributed by atoms with Gasteiger partial charge in [0.1, 0.15) is 12.1 Å². The lowest BCUT2D eigenvalue weighted by atomic mass is 10.3. The van der Waals surface area contributed by atoms with E-state index < -0.39 is 10.0 Å². The lowest BCUT2D eigenvalue weighted by Gasteiger charge is -2.34. The Morgan fingerprint density at radius 3 is 2.33 bits per heavy atom. The van der Waals surface area contributed by atoms with E-state index in [1.807, 2.05) is 18.3 Å². The number of anilines is 1. The number of benzene rings is 1. The predicted octanol–water partition coefficient (Wildman–Crippen LogP) is 1.94. The standard InChI is InChI=1S/C17H17BrN6O2S/c18-14-2-4-15(5-3-14)27(25,26)23-10-8-22(9-11-23)16-12-17(20-13-19-16)24-7-1-6-21-24/h1-7,12-13H,8-11H2. The second-order valence-electron chi connectivity index (χ2n) is 6.03. The summed E-state index contributed by atoms with van der Waals surface area (Å²) in [6.45, 7) is 1.93. The molecular formula is C17H17BrN6O2S. The van der Waals surface area contributed by atoms with E-state index in [4.69, 9.17) is 0 Å². The molecule has 1 fully saturated rings. The van der Waals surface area contributed by atoms with Crippen molar-refractivity contribution in [2.75, 3.05) is 31.1 Å². The van der Waals surface area contributed by atoms with E-state index >= 15 is 0 Å². The van der Waals surface area contributed by atoms with Crippen LogP contribution in [0.1, 0.15) is 0 Å². The van der Waals surface area contributed by atoms with Crippen molar-refractivity contribution < 1.29 is 8.42 Å². The molecule has 140 valence electrons. The fraction of sp³-hybridized carbons (Fsp3) is 0.235. The minimum absolute atomic E-state index is 0.308. The lowest BCUT2D eigenvalue weighted by molar-refractivity contribution is 0.383. The zero-order chi connectivity index (χ0) is 18.9. The summed E-state index contributed by atoms with van der Waals surface area (Å²) in [5.41, 5.74) is 0. The molecule has 27 heavy (non-hydrogen) atoms. The second kappa shape index (κ2) is 7.37. The highest BCUT2D eigenvalue weighted by molar-refractivity contribution is 9.10. The van der Waals surface area contributed by atoms with E-state index in [1.165, 1.54) is 10.6 Å². The molecular weight excluding hydrogens is 432 g/mol. The van der Waals surface area contributed by atoms with Gasteiger partial charge in [-0.25, -0.2) is 23.1 Å². The molecule has 0 saturated carbocycles. The summed E-state index contributed by atoms with van der Waals surface area (Å²) < 4.78 is 29.6. The summed E-state index contributed by atoms with van der Waals surface area (Å²) in [6, 6.07) is 10.4. The largest absolute Gasteiger partial charge is 0.354 e. The third kappa shape index (κ3) is 3.73. The zero-order valence-electron chi connectivity index (χ0n) is 14.3. The SMILES string of the molecule is O=S(=O)(c1ccc(Br)cc1)N1CCN(c2cc(-n3cccn3)ncn2)CC1. The van der Waals surface area contributed by atoms with Crippen LogP contribution in [0.15, 0.2) is 64.5 Å². The molecule has 0 N–H and O–H groups in total. The summed E-state index contributed by atoms with van der Waals surface area (Å²) in [4.78, 5) is 10.9. The van der Waals surface area contributed by atoms with Crippen LogP contribution >= 0.6 is 15.9 Å². The maximum Gasteiger partial charge on any atom is 0.243 e. The monoisotopic (exact) mass is 448 g/mol. The van der Waals surface area contributed by atoms with Gasteiger partial charge < -0.3 is 4.90 Å². The molecule has 10 heteroatoms. The van der Waals surface area contributed by atoms with Crippen molar-refractivity contribution in [2.24, 2.45) is 0 Å². The van der Waals surface area contributed by atoms with Gasteiger partial charge in [0.05, 0.1) is 4.90 Å². The van der Waals surface area contributed by atoms with Gasteiger partial charge in [-0.15, -0.1) is 0 Å². The van der Waals surface area contributed by atoms with E-state index in [9.17, 15) is 8.42 Å². The Bertz CT molecular complexity index is 1020. The zero-order valence-corrected chi connectivity index (χ0v) is 16.7. The second-order valence-corrected chi connectivity index (χ2v) is 8.88. The Morgan fingerprint density at radius 1 is 0.963 bits per heavy atom. The summed E-state index contributed by atoms with van der Waals surface area (Å²) in [6.07, 6.45) is 5.00. The first-order valence-electron chi connectivity index (χ1n) is 8.37. The normalized spacial score (nSPS) is 15.8. The molecule has 0 atom stereocenters. The fourth-order valence-corrected chi connectivity index (χ4v) is 4.64. The lowest BCUT2D eigenvalue weighted by Crippen LogP contribution is -2.48. The molecule has 1 aromatic carbocycles. The molecule has 0 radical (unpaired) electrons. The fourth-order valence-electron chi connectivity index (χ4n) is 2.95. The minimum atomic E-state index is -3.49. The van der Waals surface area contributed by atoms with Crippen LogP contribution < -0.4 is 4.90 Å². The molecule has 4 rings (SSSR count). The summed E-state index contributed by atoms with van der Waals surface area (Å²) in [5, 5.41) is 4.17. The van der Waals surface area contributed by atoms with Crippen molar-refractivity contribution in [3.63, 3.8) is 0 Å². The third-order valence-electron chi connectivity index (χ3n) is 4.39. The summed E-state index contributed by atoms with van der Waals surface area (Å²) in [7, 11) is -3.49. The van der Waals surface area contributed by atoms with Gasteiger partial charge in [-0.3, -0.25) is 0 Å². The quantitative estimate of drug-likeness (QED) is 0.606. The first-order valence-corrected chi connectivity index (χ1v) is 10.6. The Kier molecular flexibility index (Phi) is 4.94. The van der Waals surface area contributed by atoms with Crippen molar-refractivity contribution in [3.05, 3.63) is 59.6 Å². The number of piperazine rings is 1. The number of rotatable bonds is 4. The van der Waals surface area contributed by atoms with Crippen LogP contribution in [0.3, 0.4) is 0 Å². The van der Waals surface area contributed by atoms with Gasteiger partial charge >= 0.3 is 0 Å². The Hall–Kier alpha value is -2.30. The van der Waals surface area contributed by atoms with E-state index in [0.29, 0.717) is 36.9 Å². The van der Waals surface area contributed by atoms with Crippen LogP contribution in [0.4, 0.5) is 5.82 Å². The number of aromatic nitrogens is 4. The average molecular weight is 449 g/mol. The molecule has 0 spiro atoms. The smallest absolute Gasteiger partial charge is 0.243 e. The van der Waals surface area contributed by atoms with Crippen molar-refractivity contribution in [1.82, 2.24) is 24.1 Å². The molecule has 0 bridgehead atoms. The number of hydrogen-bond donors (Lipinski definition) is 0. The highest BCUT2D eigenvalue weighted by atomic mass is 79.9. The highest BCUT2D eigenvalue weighted by Gasteiger charge is 2.29. The van der Waals surface area contributed by atoms with Crippen LogP contribution in [0.2, 0.25) is 0 Å². The Morgan fingerprint density at radius 2 is 1.67 bits per heavy atom. The van der Waals surface area contributed by atoms with Crippen molar-refractivity contribution in [1.29, 1.82) is 0 Å². The molecule has 8 nitrogen and oxygen atoms in total. The maximum absolute atomic E-state index is 12.8. The van der Waals surface area contributed by atoms with Crippen molar-refractivity contribution in [2.45, 2.75) is 4.90 Å². The van der Waals surface area contributed by atoms with Crippen LogP contribution in [0, 0.1) is 0 Å². The van der Waals surface area contributed by atoms with Gasteiger partial charge in [0.15, 0.2) is 5.82 Å². The highest BCUT2D eigenvalue weighted by Crippen LogP contribution is 2.22. The van der Waals surface area contributed by atoms with E-state index in [2.05, 4.69) is 35.9 Å². The van der Waals surface area contributed by atoms with Gasteiger partial charge in [-0.05, 0) is 30.3 Å². The van der Waals surface area contributed by atoms with Crippen LogP contribution in [-0.2, 0) is 10.0 Å². The molecule has 3 aromatic rings. The van der Waals surface area contributed by atoms with Gasteiger partial charge in [-0.2, -0.15) is 9.40 Å². The third-order valence-corrected chi connectivity index (χ3v) is 6.83. The number of halogens is 1. The summed E-state index contributed by atoms with van der Waals surface area (Å²) in [5.74, 6) is 1.44. The number of nitrogens with zero attached hydrogens (tertiary/aromatic N) is 6. The van der Waals surface area contributed by atoms with Gasteiger partial charge in [0.25, 0.3) is 0 Å². The van der Waals surface area contributed by atoms with E-state index in [1.54, 1.807) is 35.1 Å². The summed E-state index contributed by atoms with van der Waals surface area (Å²) >= 11 is 3.33. The first kappa shape index (κ1) is 18.1. The number of hydrogen-bond acceptors (Lipinski definition) is 6. The topological polar surface area (TPSA) is 84.2 Å². The molecule has 2 aromatic heterocycles. The molecule has 0 amide bonds. The first-order chi connectivity index (χ1) is 13.0. The van der Waals surface area contributed by atoms with Crippen LogP contribution in [0.5, 0.6) is 0 Å². The molecule has 1 aliphatic rings. The van der Waals surface area contributed by atoms with E-state index in [-0.39, 0.29) is 0 Å². The predicted molar refractivity (Wildman–Crippen MR) is 104 cm³/mol. The van der Waals surface area contributed by atoms with Crippen molar-refractivity contribution in [3.8, 4) is 5.82 Å². The Balaban J connectivity index is 1.48. The van der Waals surface area contributed by atoms with Gasteiger partial charge in [0, 0.05) is 49.1 Å².